The Hall–Kier alpha value is -3.29. The maximum absolute atomic E-state index is 13.5. The third-order valence-electron chi connectivity index (χ3n) is 6.52. The third-order valence-corrected chi connectivity index (χ3v) is 6.52. The van der Waals surface area contributed by atoms with Crippen molar-refractivity contribution in [2.45, 2.75) is 38.5 Å². The molecule has 4 rings (SSSR count). The number of hydrogen-bond acceptors (Lipinski definition) is 6. The molecule has 2 aliphatic rings. The molecule has 8 nitrogen and oxygen atoms in total. The standard InChI is InChI=1S/C24H29N5O3/c1-3-29-21(31)17-24(22(29)32,19-9-5-4-8-18(19)2)16-20(30)27-12-7-13-28(15-14-27)23-25-10-6-11-26-23/h4-6,8-11H,3,7,12-17H2,1-2H3. The maximum Gasteiger partial charge on any atom is 0.240 e. The van der Waals surface area contributed by atoms with Gasteiger partial charge in [0.1, 0.15) is 0 Å². The van der Waals surface area contributed by atoms with E-state index in [1.807, 2.05) is 36.1 Å². The van der Waals surface area contributed by atoms with Gasteiger partial charge in [-0.25, -0.2) is 9.97 Å². The van der Waals surface area contributed by atoms with Gasteiger partial charge in [0.05, 0.1) is 5.41 Å². The van der Waals surface area contributed by atoms with Gasteiger partial charge in [0, 0.05) is 58.0 Å². The minimum Gasteiger partial charge on any atom is -0.341 e. The van der Waals surface area contributed by atoms with Gasteiger partial charge in [0.2, 0.25) is 23.7 Å². The van der Waals surface area contributed by atoms with Crippen molar-refractivity contribution in [2.24, 2.45) is 0 Å². The number of carbonyl (C=O) groups is 3. The van der Waals surface area contributed by atoms with Crippen LogP contribution in [0.4, 0.5) is 5.95 Å². The molecule has 1 aromatic heterocycles. The normalized spacial score (nSPS) is 21.8. The molecular weight excluding hydrogens is 406 g/mol. The van der Waals surface area contributed by atoms with Crippen LogP contribution in [0.15, 0.2) is 42.7 Å². The van der Waals surface area contributed by atoms with Gasteiger partial charge in [0.25, 0.3) is 0 Å². The summed E-state index contributed by atoms with van der Waals surface area (Å²) in [5.74, 6) is 0.0927. The van der Waals surface area contributed by atoms with Crippen LogP contribution in [-0.2, 0) is 19.8 Å². The molecule has 0 aliphatic carbocycles. The van der Waals surface area contributed by atoms with Crippen LogP contribution >= 0.6 is 0 Å². The summed E-state index contributed by atoms with van der Waals surface area (Å²) < 4.78 is 0. The largest absolute Gasteiger partial charge is 0.341 e. The highest BCUT2D eigenvalue weighted by Gasteiger charge is 2.54. The van der Waals surface area contributed by atoms with Gasteiger partial charge < -0.3 is 9.80 Å². The van der Waals surface area contributed by atoms with Gasteiger partial charge in [-0.3, -0.25) is 19.3 Å². The van der Waals surface area contributed by atoms with Crippen molar-refractivity contribution >= 4 is 23.7 Å². The molecule has 8 heteroatoms. The van der Waals surface area contributed by atoms with E-state index in [0.29, 0.717) is 32.1 Å². The molecule has 3 heterocycles. The molecule has 0 N–H and O–H groups in total. The summed E-state index contributed by atoms with van der Waals surface area (Å²) in [6.07, 6.45) is 4.25. The molecule has 2 fully saturated rings. The van der Waals surface area contributed by atoms with Crippen LogP contribution in [0.2, 0.25) is 0 Å². The van der Waals surface area contributed by atoms with Crippen molar-refractivity contribution in [3.8, 4) is 0 Å². The Kier molecular flexibility index (Phi) is 6.21. The van der Waals surface area contributed by atoms with Crippen LogP contribution in [0.1, 0.15) is 37.3 Å². The summed E-state index contributed by atoms with van der Waals surface area (Å²) in [6.45, 7) is 6.55. The summed E-state index contributed by atoms with van der Waals surface area (Å²) in [5, 5.41) is 0. The number of aryl methyl sites for hydroxylation is 1. The number of aromatic nitrogens is 2. The van der Waals surface area contributed by atoms with Crippen molar-refractivity contribution in [1.29, 1.82) is 0 Å². The molecular formula is C24H29N5O3. The quantitative estimate of drug-likeness (QED) is 0.667. The average molecular weight is 436 g/mol. The van der Waals surface area contributed by atoms with Crippen molar-refractivity contribution < 1.29 is 14.4 Å². The Labute approximate surface area is 188 Å². The second kappa shape index (κ2) is 9.06. The SMILES string of the molecule is CCN1C(=O)CC(CC(=O)N2CCCN(c3ncccn3)CC2)(c2ccccc2C)C1=O. The first-order valence-electron chi connectivity index (χ1n) is 11.2. The van der Waals surface area contributed by atoms with Gasteiger partial charge in [0.15, 0.2) is 0 Å². The Balaban J connectivity index is 1.57. The molecule has 32 heavy (non-hydrogen) atoms. The Morgan fingerprint density at radius 3 is 2.47 bits per heavy atom. The molecule has 3 amide bonds. The number of imide groups is 1. The lowest BCUT2D eigenvalue weighted by molar-refractivity contribution is -0.142. The smallest absolute Gasteiger partial charge is 0.240 e. The number of likely N-dealkylation sites (N-methyl/N-ethyl adjacent to an activating group) is 1. The molecule has 1 aromatic carbocycles. The number of rotatable bonds is 5. The molecule has 0 bridgehead atoms. The van der Waals surface area contributed by atoms with Crippen LogP contribution in [-0.4, -0.2) is 70.2 Å². The fourth-order valence-corrected chi connectivity index (χ4v) is 4.87. The molecule has 2 saturated heterocycles. The highest BCUT2D eigenvalue weighted by Crippen LogP contribution is 2.41. The van der Waals surface area contributed by atoms with Gasteiger partial charge >= 0.3 is 0 Å². The van der Waals surface area contributed by atoms with Crippen LogP contribution in [0.3, 0.4) is 0 Å². The zero-order chi connectivity index (χ0) is 22.7. The van der Waals surface area contributed by atoms with E-state index < -0.39 is 5.41 Å². The molecule has 2 aromatic rings. The molecule has 1 atom stereocenters. The minimum absolute atomic E-state index is 0.000758. The van der Waals surface area contributed by atoms with Gasteiger partial charge in [-0.1, -0.05) is 24.3 Å². The van der Waals surface area contributed by atoms with Crippen molar-refractivity contribution in [2.75, 3.05) is 37.6 Å². The predicted molar refractivity (Wildman–Crippen MR) is 120 cm³/mol. The summed E-state index contributed by atoms with van der Waals surface area (Å²) in [7, 11) is 0. The number of likely N-dealkylation sites (tertiary alicyclic amines) is 1. The Morgan fingerprint density at radius 1 is 1.03 bits per heavy atom. The fourth-order valence-electron chi connectivity index (χ4n) is 4.87. The van der Waals surface area contributed by atoms with E-state index in [0.717, 1.165) is 24.1 Å². The summed E-state index contributed by atoms with van der Waals surface area (Å²) in [4.78, 5) is 53.4. The highest BCUT2D eigenvalue weighted by molar-refractivity contribution is 6.10. The summed E-state index contributed by atoms with van der Waals surface area (Å²) >= 11 is 0. The van der Waals surface area contributed by atoms with Crippen molar-refractivity contribution in [1.82, 2.24) is 19.8 Å². The van der Waals surface area contributed by atoms with E-state index in [-0.39, 0.29) is 30.6 Å². The topological polar surface area (TPSA) is 86.7 Å². The molecule has 0 spiro atoms. The Morgan fingerprint density at radius 2 is 1.78 bits per heavy atom. The second-order valence-electron chi connectivity index (χ2n) is 8.46. The van der Waals surface area contributed by atoms with Gasteiger partial charge in [-0.2, -0.15) is 0 Å². The van der Waals surface area contributed by atoms with Gasteiger partial charge in [-0.15, -0.1) is 0 Å². The monoisotopic (exact) mass is 435 g/mol. The van der Waals surface area contributed by atoms with Gasteiger partial charge in [-0.05, 0) is 37.5 Å². The number of amides is 3. The van der Waals surface area contributed by atoms with E-state index in [1.165, 1.54) is 4.90 Å². The first-order chi connectivity index (χ1) is 15.5. The lowest BCUT2D eigenvalue weighted by atomic mass is 9.74. The molecule has 0 saturated carbocycles. The second-order valence-corrected chi connectivity index (χ2v) is 8.46. The number of benzene rings is 1. The van der Waals surface area contributed by atoms with Crippen LogP contribution in [0, 0.1) is 6.92 Å². The number of carbonyl (C=O) groups excluding carboxylic acids is 3. The summed E-state index contributed by atoms with van der Waals surface area (Å²) in [5.41, 5.74) is 0.559. The van der Waals surface area contributed by atoms with Crippen LogP contribution in [0.5, 0.6) is 0 Å². The van der Waals surface area contributed by atoms with Crippen LogP contribution in [0.25, 0.3) is 0 Å². The third kappa shape index (κ3) is 3.97. The molecule has 2 aliphatic heterocycles. The maximum atomic E-state index is 13.5. The fraction of sp³-hybridized carbons (Fsp3) is 0.458. The zero-order valence-electron chi connectivity index (χ0n) is 18.7. The Bertz CT molecular complexity index is 1010. The molecule has 168 valence electrons. The minimum atomic E-state index is -1.13. The number of anilines is 1. The average Bonchev–Trinajstić information content (AvgIpc) is 2.95. The van der Waals surface area contributed by atoms with Crippen molar-refractivity contribution in [3.05, 3.63) is 53.9 Å². The van der Waals surface area contributed by atoms with E-state index in [4.69, 9.17) is 0 Å². The van der Waals surface area contributed by atoms with E-state index >= 15 is 0 Å². The lowest BCUT2D eigenvalue weighted by Crippen LogP contribution is -2.44. The van der Waals surface area contributed by atoms with E-state index in [9.17, 15) is 14.4 Å². The van der Waals surface area contributed by atoms with E-state index in [1.54, 1.807) is 25.4 Å². The van der Waals surface area contributed by atoms with E-state index in [2.05, 4.69) is 14.9 Å². The molecule has 0 radical (unpaired) electrons. The zero-order valence-corrected chi connectivity index (χ0v) is 18.7. The van der Waals surface area contributed by atoms with Crippen molar-refractivity contribution in [3.63, 3.8) is 0 Å². The highest BCUT2D eigenvalue weighted by atomic mass is 16.2. The molecule has 1 unspecified atom stereocenters. The first-order valence-corrected chi connectivity index (χ1v) is 11.2. The first kappa shape index (κ1) is 21.9. The van der Waals surface area contributed by atoms with Crippen LogP contribution < -0.4 is 4.90 Å². The lowest BCUT2D eigenvalue weighted by Gasteiger charge is -2.31. The number of hydrogen-bond donors (Lipinski definition) is 0. The predicted octanol–water partition coefficient (Wildman–Crippen LogP) is 1.93. The number of nitrogens with zero attached hydrogens (tertiary/aromatic N) is 5. The summed E-state index contributed by atoms with van der Waals surface area (Å²) in [6, 6.07) is 9.36.